The van der Waals surface area contributed by atoms with E-state index in [1.54, 1.807) is 21.3 Å². The maximum atomic E-state index is 6.16. The van der Waals surface area contributed by atoms with Crippen LogP contribution in [0.5, 0.6) is 5.75 Å². The summed E-state index contributed by atoms with van der Waals surface area (Å²) >= 11 is 5.96. The molecule has 0 saturated heterocycles. The maximum Gasteiger partial charge on any atom is 0.147 e. The van der Waals surface area contributed by atoms with Crippen molar-refractivity contribution in [2.45, 2.75) is 28.8 Å². The summed E-state index contributed by atoms with van der Waals surface area (Å²) in [6.45, 7) is 0.861. The summed E-state index contributed by atoms with van der Waals surface area (Å²) < 4.78 is 34.0. The highest BCUT2D eigenvalue weighted by Crippen LogP contribution is 2.35. The maximum absolute atomic E-state index is 6.16. The monoisotopic (exact) mass is 542 g/mol. The Morgan fingerprint density at radius 3 is 2.23 bits per heavy atom. The minimum Gasteiger partial charge on any atom is -0.497 e. The predicted octanol–water partition coefficient (Wildman–Crippen LogP) is 3.65. The first kappa shape index (κ1) is 22.1. The Morgan fingerprint density at radius 2 is 1.62 bits per heavy atom. The standard InChI is InChI=1S/C18H24BrIO6/c1-21-10-25-15-8-14(19)17(16(20)18(15)26-11-22-2)24-9-12-4-6-13(23-3)7-5-12/h4-8,15-18H,9-11H2,1-3H3/t15-,16+,17-,18-/m1/s1. The van der Waals surface area contributed by atoms with Gasteiger partial charge in [0.05, 0.1) is 17.6 Å². The van der Waals surface area contributed by atoms with E-state index in [0.29, 0.717) is 6.61 Å². The van der Waals surface area contributed by atoms with Crippen molar-refractivity contribution in [1.29, 1.82) is 0 Å². The molecule has 0 saturated carbocycles. The topological polar surface area (TPSA) is 55.4 Å². The second-order valence-electron chi connectivity index (χ2n) is 5.65. The Kier molecular flexibility index (Phi) is 9.82. The first-order valence-corrected chi connectivity index (χ1v) is 10.1. The molecule has 0 aromatic heterocycles. The van der Waals surface area contributed by atoms with Crippen LogP contribution in [0, 0.1) is 0 Å². The molecule has 8 heteroatoms. The van der Waals surface area contributed by atoms with Crippen molar-refractivity contribution >= 4 is 38.5 Å². The third kappa shape index (κ3) is 6.15. The van der Waals surface area contributed by atoms with Crippen molar-refractivity contribution in [2.24, 2.45) is 0 Å². The van der Waals surface area contributed by atoms with E-state index >= 15 is 0 Å². The minimum absolute atomic E-state index is 0.0298. The van der Waals surface area contributed by atoms with Crippen LogP contribution in [-0.4, -0.2) is 57.2 Å². The summed E-state index contributed by atoms with van der Waals surface area (Å²) in [4.78, 5) is 0. The third-order valence-corrected chi connectivity index (χ3v) is 5.95. The predicted molar refractivity (Wildman–Crippen MR) is 110 cm³/mol. The van der Waals surface area contributed by atoms with Gasteiger partial charge in [0.1, 0.15) is 37.6 Å². The summed E-state index contributed by atoms with van der Waals surface area (Å²) in [5.74, 6) is 0.824. The Hall–Kier alpha value is -0.230. The lowest BCUT2D eigenvalue weighted by molar-refractivity contribution is -0.152. The molecule has 1 aromatic rings. The summed E-state index contributed by atoms with van der Waals surface area (Å²) in [5.41, 5.74) is 1.07. The second kappa shape index (κ2) is 11.6. The lowest BCUT2D eigenvalue weighted by Crippen LogP contribution is -2.48. The summed E-state index contributed by atoms with van der Waals surface area (Å²) in [5, 5.41) is 0. The quantitative estimate of drug-likeness (QED) is 0.255. The average molecular weight is 543 g/mol. The highest BCUT2D eigenvalue weighted by Gasteiger charge is 2.40. The van der Waals surface area contributed by atoms with Crippen molar-refractivity contribution < 1.29 is 28.4 Å². The average Bonchev–Trinajstić information content (AvgIpc) is 2.66. The van der Waals surface area contributed by atoms with Crippen LogP contribution in [0.15, 0.2) is 34.8 Å². The zero-order chi connectivity index (χ0) is 18.9. The number of benzene rings is 1. The second-order valence-corrected chi connectivity index (χ2v) is 8.01. The van der Waals surface area contributed by atoms with Gasteiger partial charge in [-0.1, -0.05) is 50.7 Å². The van der Waals surface area contributed by atoms with E-state index in [1.165, 1.54) is 0 Å². The molecule has 0 spiro atoms. The fraction of sp³-hybridized carbons (Fsp3) is 0.556. The molecule has 6 nitrogen and oxygen atoms in total. The van der Waals surface area contributed by atoms with Gasteiger partial charge in [-0.25, -0.2) is 0 Å². The van der Waals surface area contributed by atoms with Crippen molar-refractivity contribution in [3.63, 3.8) is 0 Å². The van der Waals surface area contributed by atoms with Crippen LogP contribution in [0.3, 0.4) is 0 Å². The molecule has 0 bridgehead atoms. The largest absolute Gasteiger partial charge is 0.497 e. The van der Waals surface area contributed by atoms with E-state index in [9.17, 15) is 0 Å². The van der Waals surface area contributed by atoms with E-state index in [4.69, 9.17) is 28.4 Å². The van der Waals surface area contributed by atoms with Crippen LogP contribution < -0.4 is 4.74 Å². The van der Waals surface area contributed by atoms with Gasteiger partial charge >= 0.3 is 0 Å². The number of ether oxygens (including phenoxy) is 6. The first-order chi connectivity index (χ1) is 12.6. The number of alkyl halides is 1. The molecular weight excluding hydrogens is 519 g/mol. The minimum atomic E-state index is -0.248. The van der Waals surface area contributed by atoms with Gasteiger partial charge in [-0.05, 0) is 23.8 Å². The number of hydrogen-bond donors (Lipinski definition) is 0. The van der Waals surface area contributed by atoms with Crippen molar-refractivity contribution in [1.82, 2.24) is 0 Å². The number of rotatable bonds is 10. The van der Waals surface area contributed by atoms with Crippen LogP contribution in [0.25, 0.3) is 0 Å². The first-order valence-electron chi connectivity index (χ1n) is 8.07. The normalized spacial score (nSPS) is 25.8. The molecule has 26 heavy (non-hydrogen) atoms. The van der Waals surface area contributed by atoms with Crippen molar-refractivity contribution in [2.75, 3.05) is 34.9 Å². The van der Waals surface area contributed by atoms with Gasteiger partial charge in [0, 0.05) is 18.7 Å². The molecule has 4 atom stereocenters. The van der Waals surface area contributed by atoms with Crippen molar-refractivity contribution in [3.05, 3.63) is 40.4 Å². The molecule has 1 aromatic carbocycles. The summed E-state index contributed by atoms with van der Waals surface area (Å²) in [6.07, 6.45) is 1.35. The lowest BCUT2D eigenvalue weighted by Gasteiger charge is -2.37. The molecule has 0 aliphatic heterocycles. The van der Waals surface area contributed by atoms with Crippen LogP contribution >= 0.6 is 38.5 Å². The zero-order valence-corrected chi connectivity index (χ0v) is 18.8. The third-order valence-electron chi connectivity index (χ3n) is 3.87. The summed E-state index contributed by atoms with van der Waals surface area (Å²) in [6, 6.07) is 7.83. The summed E-state index contributed by atoms with van der Waals surface area (Å²) in [7, 11) is 4.84. The Labute approximate surface area is 176 Å². The van der Waals surface area contributed by atoms with Gasteiger partial charge in [0.2, 0.25) is 0 Å². The molecule has 0 fully saturated rings. The van der Waals surface area contributed by atoms with Gasteiger partial charge < -0.3 is 28.4 Å². The van der Waals surface area contributed by atoms with Crippen LogP contribution in [0.2, 0.25) is 0 Å². The lowest BCUT2D eigenvalue weighted by atomic mass is 9.99. The highest BCUT2D eigenvalue weighted by molar-refractivity contribution is 14.1. The van der Waals surface area contributed by atoms with Crippen molar-refractivity contribution in [3.8, 4) is 5.75 Å². The molecule has 2 rings (SSSR count). The fourth-order valence-corrected chi connectivity index (χ4v) is 4.94. The molecule has 146 valence electrons. The zero-order valence-electron chi connectivity index (χ0n) is 15.0. The van der Waals surface area contributed by atoms with Crippen LogP contribution in [0.1, 0.15) is 5.56 Å². The molecule has 0 N–H and O–H groups in total. The van der Waals surface area contributed by atoms with Gasteiger partial charge in [-0.3, -0.25) is 0 Å². The smallest absolute Gasteiger partial charge is 0.147 e. The molecule has 0 heterocycles. The molecule has 0 radical (unpaired) electrons. The van der Waals surface area contributed by atoms with Gasteiger partial charge in [0.15, 0.2) is 0 Å². The molecular formula is C18H24BrIO6. The molecule has 0 amide bonds. The molecule has 1 aliphatic rings. The van der Waals surface area contributed by atoms with E-state index in [-0.39, 0.29) is 35.8 Å². The van der Waals surface area contributed by atoms with Crippen LogP contribution in [0.4, 0.5) is 0 Å². The molecule has 1 aliphatic carbocycles. The van der Waals surface area contributed by atoms with E-state index in [0.717, 1.165) is 15.8 Å². The molecule has 0 unspecified atom stereocenters. The van der Waals surface area contributed by atoms with E-state index < -0.39 is 0 Å². The van der Waals surface area contributed by atoms with Gasteiger partial charge in [-0.15, -0.1) is 0 Å². The van der Waals surface area contributed by atoms with Gasteiger partial charge in [0.25, 0.3) is 0 Å². The Bertz CT molecular complexity index is 567. The number of hydrogen-bond acceptors (Lipinski definition) is 6. The Balaban J connectivity index is 2.05. The van der Waals surface area contributed by atoms with E-state index in [1.807, 2.05) is 30.3 Å². The van der Waals surface area contributed by atoms with E-state index in [2.05, 4.69) is 38.5 Å². The van der Waals surface area contributed by atoms with Gasteiger partial charge in [-0.2, -0.15) is 0 Å². The Morgan fingerprint density at radius 1 is 0.962 bits per heavy atom. The SMILES string of the molecule is COCO[C@H]1[C@@H](I)[C@H](OCc2ccc(OC)cc2)C(Br)=C[C@H]1OCOC. The number of halogens is 2. The highest BCUT2D eigenvalue weighted by atomic mass is 127. The van der Waals surface area contributed by atoms with Crippen LogP contribution in [-0.2, 0) is 30.3 Å². The fourth-order valence-electron chi connectivity index (χ4n) is 2.55. The number of methoxy groups -OCH3 is 3.